The van der Waals surface area contributed by atoms with Crippen molar-refractivity contribution in [1.29, 1.82) is 0 Å². The van der Waals surface area contributed by atoms with Gasteiger partial charge in [-0.1, -0.05) is 25.1 Å². The van der Waals surface area contributed by atoms with Gasteiger partial charge in [-0.2, -0.15) is 0 Å². The lowest BCUT2D eigenvalue weighted by molar-refractivity contribution is -0.139. The van der Waals surface area contributed by atoms with E-state index in [4.69, 9.17) is 4.74 Å². The Kier molecular flexibility index (Phi) is 5.95. The lowest BCUT2D eigenvalue weighted by Crippen LogP contribution is -2.30. The summed E-state index contributed by atoms with van der Waals surface area (Å²) in [4.78, 5) is 54.3. The Morgan fingerprint density at radius 2 is 1.57 bits per heavy atom. The van der Waals surface area contributed by atoms with E-state index in [0.29, 0.717) is 17.4 Å². The number of fused-ring (bicyclic) bond motifs is 1. The van der Waals surface area contributed by atoms with Crippen molar-refractivity contribution < 1.29 is 23.9 Å². The first kappa shape index (κ1) is 23.3. The third kappa shape index (κ3) is 4.13. The molecule has 0 bridgehead atoms. The molecule has 1 aliphatic carbocycles. The monoisotopic (exact) mass is 474 g/mol. The number of esters is 1. The van der Waals surface area contributed by atoms with Crippen LogP contribution in [0.5, 0.6) is 5.75 Å². The Labute approximate surface area is 205 Å². The highest BCUT2D eigenvalue weighted by molar-refractivity contribution is 6.22. The van der Waals surface area contributed by atoms with Crippen molar-refractivity contribution in [2.75, 3.05) is 16.3 Å². The van der Waals surface area contributed by atoms with Crippen LogP contribution in [-0.2, 0) is 19.2 Å². The second-order valence-corrected chi connectivity index (χ2v) is 10.2. The molecule has 35 heavy (non-hydrogen) atoms. The summed E-state index contributed by atoms with van der Waals surface area (Å²) in [5.41, 5.74) is 3.33. The van der Waals surface area contributed by atoms with Gasteiger partial charge in [0, 0.05) is 18.7 Å². The number of amides is 3. The number of rotatable bonds is 4. The lowest BCUT2D eigenvalue weighted by Gasteiger charge is -2.25. The Bertz CT molecular complexity index is 1180. The summed E-state index contributed by atoms with van der Waals surface area (Å²) in [5.74, 6) is -1.08. The summed E-state index contributed by atoms with van der Waals surface area (Å²) in [6, 6.07) is 12.3. The zero-order chi connectivity index (χ0) is 24.9. The highest BCUT2D eigenvalue weighted by Gasteiger charge is 2.50. The molecule has 0 radical (unpaired) electrons. The van der Waals surface area contributed by atoms with Gasteiger partial charge in [0.15, 0.2) is 0 Å². The Morgan fingerprint density at radius 1 is 0.914 bits per heavy atom. The summed E-state index contributed by atoms with van der Waals surface area (Å²) >= 11 is 0. The average molecular weight is 475 g/mol. The van der Waals surface area contributed by atoms with Crippen LogP contribution in [0.1, 0.15) is 43.7 Å². The van der Waals surface area contributed by atoms with Gasteiger partial charge < -0.3 is 9.64 Å². The third-order valence-electron chi connectivity index (χ3n) is 7.67. The van der Waals surface area contributed by atoms with E-state index in [1.54, 1.807) is 29.2 Å². The van der Waals surface area contributed by atoms with Crippen molar-refractivity contribution in [2.24, 2.45) is 23.7 Å². The number of carbonyl (C=O) groups is 4. The maximum absolute atomic E-state index is 12.9. The van der Waals surface area contributed by atoms with Gasteiger partial charge >= 0.3 is 5.97 Å². The molecule has 3 fully saturated rings. The molecular formula is C28H30N2O5. The first-order valence-electron chi connectivity index (χ1n) is 12.3. The van der Waals surface area contributed by atoms with Gasteiger partial charge in [-0.25, -0.2) is 0 Å². The standard InChI is InChI=1S/C28H30N2O5/c1-16-7-12-22-23(13-16)27(33)30(26(22)32)20-8-10-21(11-9-20)35-28(34)19-14-24(31)29(15-19)25-17(2)5-4-6-18(25)3/h4-6,8-11,16,19,22-23H,7,12-15H2,1-3H3/t16-,19-,22-,23+/m1/s1. The number of nitrogens with zero attached hydrogens (tertiary/aromatic N) is 2. The summed E-state index contributed by atoms with van der Waals surface area (Å²) in [6.07, 6.45) is 2.57. The van der Waals surface area contributed by atoms with E-state index in [1.807, 2.05) is 32.0 Å². The lowest BCUT2D eigenvalue weighted by atomic mass is 9.76. The van der Waals surface area contributed by atoms with E-state index < -0.39 is 11.9 Å². The molecule has 4 atom stereocenters. The molecule has 7 heteroatoms. The van der Waals surface area contributed by atoms with Crippen molar-refractivity contribution in [1.82, 2.24) is 0 Å². The molecule has 2 aliphatic heterocycles. The highest BCUT2D eigenvalue weighted by Crippen LogP contribution is 2.42. The van der Waals surface area contributed by atoms with E-state index in [-0.39, 0.29) is 42.5 Å². The molecule has 2 aromatic rings. The SMILES string of the molecule is Cc1cccc(C)c1N1C[C@H](C(=O)Oc2ccc(N3C(=O)[C@H]4C[C@H](C)CC[C@H]4C3=O)cc2)CC1=O. The second-order valence-electron chi connectivity index (χ2n) is 10.2. The Morgan fingerprint density at radius 3 is 2.26 bits per heavy atom. The van der Waals surface area contributed by atoms with Gasteiger partial charge in [0.2, 0.25) is 17.7 Å². The van der Waals surface area contributed by atoms with Gasteiger partial charge in [0.05, 0.1) is 23.4 Å². The number of aryl methyl sites for hydroxylation is 2. The van der Waals surface area contributed by atoms with E-state index in [0.717, 1.165) is 36.1 Å². The molecule has 0 spiro atoms. The fourth-order valence-electron chi connectivity index (χ4n) is 5.82. The van der Waals surface area contributed by atoms with Gasteiger partial charge in [-0.05, 0) is 74.4 Å². The normalized spacial score (nSPS) is 26.3. The molecular weight excluding hydrogens is 444 g/mol. The third-order valence-corrected chi connectivity index (χ3v) is 7.67. The van der Waals surface area contributed by atoms with E-state index >= 15 is 0 Å². The van der Waals surface area contributed by atoms with Crippen molar-refractivity contribution >= 4 is 35.1 Å². The van der Waals surface area contributed by atoms with Crippen molar-refractivity contribution in [3.8, 4) is 5.75 Å². The number of hydrogen-bond donors (Lipinski definition) is 0. The zero-order valence-electron chi connectivity index (χ0n) is 20.3. The van der Waals surface area contributed by atoms with E-state index in [1.165, 1.54) is 4.90 Å². The number of anilines is 2. The maximum Gasteiger partial charge on any atom is 0.316 e. The molecule has 182 valence electrons. The molecule has 2 heterocycles. The van der Waals surface area contributed by atoms with Gasteiger partial charge in [-0.15, -0.1) is 0 Å². The van der Waals surface area contributed by atoms with Crippen molar-refractivity contribution in [3.05, 3.63) is 53.6 Å². The molecule has 3 aliphatic rings. The topological polar surface area (TPSA) is 84.0 Å². The van der Waals surface area contributed by atoms with E-state index in [2.05, 4.69) is 6.92 Å². The minimum atomic E-state index is -0.562. The van der Waals surface area contributed by atoms with Crippen molar-refractivity contribution in [3.63, 3.8) is 0 Å². The van der Waals surface area contributed by atoms with Gasteiger partial charge in [0.25, 0.3) is 0 Å². The minimum absolute atomic E-state index is 0.0958. The molecule has 1 saturated carbocycles. The van der Waals surface area contributed by atoms with Gasteiger partial charge in [0.1, 0.15) is 5.75 Å². The molecule has 2 aromatic carbocycles. The predicted molar refractivity (Wildman–Crippen MR) is 131 cm³/mol. The minimum Gasteiger partial charge on any atom is -0.426 e. The molecule has 5 rings (SSSR count). The number of hydrogen-bond acceptors (Lipinski definition) is 5. The summed E-state index contributed by atoms with van der Waals surface area (Å²) in [5, 5.41) is 0. The maximum atomic E-state index is 12.9. The number of para-hydroxylation sites is 1. The first-order chi connectivity index (χ1) is 16.7. The quantitative estimate of drug-likeness (QED) is 0.377. The van der Waals surface area contributed by atoms with Crippen LogP contribution in [0.15, 0.2) is 42.5 Å². The average Bonchev–Trinajstić information content (AvgIpc) is 3.32. The summed E-state index contributed by atoms with van der Waals surface area (Å²) in [6.45, 7) is 6.31. The van der Waals surface area contributed by atoms with Crippen LogP contribution in [0.4, 0.5) is 11.4 Å². The molecule has 2 saturated heterocycles. The van der Waals surface area contributed by atoms with Crippen LogP contribution >= 0.6 is 0 Å². The summed E-state index contributed by atoms with van der Waals surface area (Å²) < 4.78 is 5.57. The second kappa shape index (κ2) is 8.95. The van der Waals surface area contributed by atoms with E-state index in [9.17, 15) is 19.2 Å². The molecule has 0 unspecified atom stereocenters. The first-order valence-corrected chi connectivity index (χ1v) is 12.3. The van der Waals surface area contributed by atoms with Crippen LogP contribution in [0.25, 0.3) is 0 Å². The van der Waals surface area contributed by atoms with Crippen molar-refractivity contribution in [2.45, 2.75) is 46.5 Å². The molecule has 0 aromatic heterocycles. The summed E-state index contributed by atoms with van der Waals surface area (Å²) in [7, 11) is 0. The number of imide groups is 1. The van der Waals surface area contributed by atoms with Gasteiger partial charge in [-0.3, -0.25) is 24.1 Å². The Hall–Kier alpha value is -3.48. The van der Waals surface area contributed by atoms with Crippen LogP contribution in [-0.4, -0.2) is 30.2 Å². The number of carbonyl (C=O) groups excluding carboxylic acids is 4. The Balaban J connectivity index is 1.26. The molecule has 7 nitrogen and oxygen atoms in total. The predicted octanol–water partition coefficient (Wildman–Crippen LogP) is 4.19. The molecule has 3 amide bonds. The number of ether oxygens (including phenoxy) is 1. The highest BCUT2D eigenvalue weighted by atomic mass is 16.5. The smallest absolute Gasteiger partial charge is 0.316 e. The van der Waals surface area contributed by atoms with Crippen LogP contribution in [0.3, 0.4) is 0 Å². The zero-order valence-corrected chi connectivity index (χ0v) is 20.3. The van der Waals surface area contributed by atoms with Crippen LogP contribution in [0, 0.1) is 37.5 Å². The van der Waals surface area contributed by atoms with Crippen LogP contribution in [0.2, 0.25) is 0 Å². The fraction of sp³-hybridized carbons (Fsp3) is 0.429. The van der Waals surface area contributed by atoms with Crippen LogP contribution < -0.4 is 14.5 Å². The molecule has 0 N–H and O–H groups in total. The number of benzene rings is 2. The largest absolute Gasteiger partial charge is 0.426 e. The fourth-order valence-corrected chi connectivity index (χ4v) is 5.82.